The van der Waals surface area contributed by atoms with Gasteiger partial charge in [0, 0.05) is 38.3 Å². The molecule has 5 heteroatoms. The number of fused-ring (bicyclic) bond motifs is 11. The third-order valence-electron chi connectivity index (χ3n) is 10.8. The van der Waals surface area contributed by atoms with Gasteiger partial charge in [0.1, 0.15) is 34.3 Å². The number of ether oxygens (including phenoxy) is 2. The minimum atomic E-state index is -1.07. The van der Waals surface area contributed by atoms with Crippen LogP contribution in [0.4, 0.5) is 8.78 Å². The normalized spacial score (nSPS) is 17.4. The molecule has 9 rings (SSSR count). The summed E-state index contributed by atoms with van der Waals surface area (Å²) >= 11 is 0. The van der Waals surface area contributed by atoms with Crippen LogP contribution in [0.2, 0.25) is 0 Å². The van der Waals surface area contributed by atoms with E-state index in [1.54, 1.807) is 19.2 Å². The molecule has 1 aliphatic heterocycles. The third kappa shape index (κ3) is 3.79. The Kier molecular flexibility index (Phi) is 6.17. The van der Waals surface area contributed by atoms with Gasteiger partial charge in [0.05, 0.1) is 7.11 Å². The van der Waals surface area contributed by atoms with Gasteiger partial charge in [-0.1, -0.05) is 68.5 Å². The molecule has 1 atom stereocenters. The van der Waals surface area contributed by atoms with Crippen molar-refractivity contribution in [3.05, 3.63) is 149 Å². The van der Waals surface area contributed by atoms with Crippen LogP contribution in [0.15, 0.2) is 114 Å². The molecule has 0 amide bonds. The summed E-state index contributed by atoms with van der Waals surface area (Å²) < 4.78 is 49.3. The second-order valence-electron chi connectivity index (χ2n) is 12.9. The van der Waals surface area contributed by atoms with Gasteiger partial charge in [-0.25, -0.2) is 8.78 Å². The fourth-order valence-corrected chi connectivity index (χ4v) is 8.41. The molecule has 48 heavy (non-hydrogen) atoms. The molecular weight excluding hydrogens is 602 g/mol. The average Bonchev–Trinajstić information content (AvgIpc) is 3.64. The lowest BCUT2D eigenvalue weighted by Crippen LogP contribution is -2.35. The van der Waals surface area contributed by atoms with Crippen molar-refractivity contribution in [1.29, 1.82) is 0 Å². The zero-order valence-corrected chi connectivity index (χ0v) is 26.9. The first kappa shape index (κ1) is 28.8. The summed E-state index contributed by atoms with van der Waals surface area (Å²) in [7, 11) is 1.65. The van der Waals surface area contributed by atoms with Gasteiger partial charge in [-0.05, 0) is 101 Å². The number of hydrogen-bond acceptors (Lipinski definition) is 3. The van der Waals surface area contributed by atoms with Crippen LogP contribution < -0.4 is 9.47 Å². The van der Waals surface area contributed by atoms with Crippen molar-refractivity contribution < 1.29 is 22.7 Å². The summed E-state index contributed by atoms with van der Waals surface area (Å²) in [6.45, 7) is 4.32. The Hall–Kier alpha value is -5.42. The smallest absolute Gasteiger partial charge is 0.178 e. The Morgan fingerprint density at radius 1 is 0.688 bits per heavy atom. The molecule has 0 spiro atoms. The Morgan fingerprint density at radius 3 is 2.21 bits per heavy atom. The van der Waals surface area contributed by atoms with E-state index < -0.39 is 11.0 Å². The molecule has 1 aromatic heterocycles. The highest BCUT2D eigenvalue weighted by molar-refractivity contribution is 6.09. The molecule has 0 bridgehead atoms. The Bertz CT molecular complexity index is 2470. The average molecular weight is 635 g/mol. The molecule has 0 saturated heterocycles. The van der Waals surface area contributed by atoms with Crippen molar-refractivity contribution in [2.75, 3.05) is 7.11 Å². The first-order chi connectivity index (χ1) is 23.4. The van der Waals surface area contributed by atoms with E-state index in [4.69, 9.17) is 13.9 Å². The molecule has 0 fully saturated rings. The van der Waals surface area contributed by atoms with Crippen LogP contribution in [0.1, 0.15) is 54.5 Å². The molecule has 2 heterocycles. The number of rotatable bonds is 5. The van der Waals surface area contributed by atoms with E-state index in [1.807, 2.05) is 66.7 Å². The summed E-state index contributed by atoms with van der Waals surface area (Å²) in [5, 5.41) is 3.57. The fourth-order valence-electron chi connectivity index (χ4n) is 8.41. The van der Waals surface area contributed by atoms with Gasteiger partial charge in [-0.15, -0.1) is 0 Å². The van der Waals surface area contributed by atoms with Crippen LogP contribution in [-0.4, -0.2) is 7.11 Å². The number of para-hydroxylation sites is 1. The summed E-state index contributed by atoms with van der Waals surface area (Å²) in [5.74, 6) is 0.734. The molecule has 7 aromatic rings. The maximum absolute atomic E-state index is 15.3. The van der Waals surface area contributed by atoms with Crippen LogP contribution in [0.5, 0.6) is 11.5 Å². The molecule has 2 aliphatic rings. The largest absolute Gasteiger partial charge is 0.497 e. The van der Waals surface area contributed by atoms with Gasteiger partial charge in [0.2, 0.25) is 0 Å². The standard InChI is InChI=1S/C43H32F2O3/c1-4-42(5-2)36-24-28(45)14-18-32(36)39-31-17-13-27(44)23-35(31)41-33(40(39)42)20-21-43(48-41,25-10-15-29(46-3)16-11-25)26-12-19-38-34(22-26)30-8-6-7-9-37(30)47-38/h6-24H,4-5H2,1-3H3. The Morgan fingerprint density at radius 2 is 1.42 bits per heavy atom. The van der Waals surface area contributed by atoms with Gasteiger partial charge >= 0.3 is 0 Å². The maximum Gasteiger partial charge on any atom is 0.178 e. The number of benzene rings is 6. The van der Waals surface area contributed by atoms with E-state index >= 15 is 4.39 Å². The van der Waals surface area contributed by atoms with E-state index in [1.165, 1.54) is 12.1 Å². The van der Waals surface area contributed by atoms with Crippen molar-refractivity contribution in [2.45, 2.75) is 37.7 Å². The molecule has 236 valence electrons. The monoisotopic (exact) mass is 634 g/mol. The predicted molar refractivity (Wildman–Crippen MR) is 188 cm³/mol. The maximum atomic E-state index is 15.3. The molecule has 3 nitrogen and oxygen atoms in total. The Labute approximate surface area is 277 Å². The van der Waals surface area contributed by atoms with Crippen LogP contribution in [0, 0.1) is 11.6 Å². The van der Waals surface area contributed by atoms with Gasteiger partial charge in [-0.2, -0.15) is 0 Å². The number of furan rings is 1. The van der Waals surface area contributed by atoms with Crippen LogP contribution in [0.25, 0.3) is 49.9 Å². The molecule has 6 aromatic carbocycles. The summed E-state index contributed by atoms with van der Waals surface area (Å²) in [4.78, 5) is 0. The molecule has 0 saturated carbocycles. The predicted octanol–water partition coefficient (Wildman–Crippen LogP) is 11.5. The zero-order valence-electron chi connectivity index (χ0n) is 26.9. The van der Waals surface area contributed by atoms with Gasteiger partial charge in [0.15, 0.2) is 5.60 Å². The lowest BCUT2D eigenvalue weighted by molar-refractivity contribution is 0.163. The van der Waals surface area contributed by atoms with E-state index in [2.05, 4.69) is 38.1 Å². The summed E-state index contributed by atoms with van der Waals surface area (Å²) in [6.07, 6.45) is 5.81. The lowest BCUT2D eigenvalue weighted by Gasteiger charge is -2.39. The topological polar surface area (TPSA) is 31.6 Å². The number of halogens is 2. The van der Waals surface area contributed by atoms with Crippen molar-refractivity contribution in [3.63, 3.8) is 0 Å². The summed E-state index contributed by atoms with van der Waals surface area (Å²) in [6, 6.07) is 32.1. The van der Waals surface area contributed by atoms with Crippen LogP contribution in [-0.2, 0) is 11.0 Å². The molecule has 1 aliphatic carbocycles. The van der Waals surface area contributed by atoms with E-state index in [0.717, 1.165) is 84.9 Å². The SMILES string of the molecule is CCC1(CC)c2cc(F)ccc2-c2c1c1c(c3cc(F)ccc23)OC(c2ccc(OC)cc2)(c2ccc3oc4ccccc4c3c2)C=C1. The first-order valence-electron chi connectivity index (χ1n) is 16.5. The van der Waals surface area contributed by atoms with E-state index in [0.29, 0.717) is 11.1 Å². The zero-order chi connectivity index (χ0) is 32.8. The molecular formula is C43H32F2O3. The highest BCUT2D eigenvalue weighted by Gasteiger charge is 2.47. The van der Waals surface area contributed by atoms with Gasteiger partial charge in [-0.3, -0.25) is 0 Å². The van der Waals surface area contributed by atoms with Crippen molar-refractivity contribution in [2.24, 2.45) is 0 Å². The Balaban J connectivity index is 1.37. The van der Waals surface area contributed by atoms with Gasteiger partial charge in [0.25, 0.3) is 0 Å². The second-order valence-corrected chi connectivity index (χ2v) is 12.9. The summed E-state index contributed by atoms with van der Waals surface area (Å²) in [5.41, 5.74) is 6.89. The molecule has 0 N–H and O–H groups in total. The number of hydrogen-bond donors (Lipinski definition) is 0. The minimum absolute atomic E-state index is 0.260. The van der Waals surface area contributed by atoms with E-state index in [9.17, 15) is 4.39 Å². The molecule has 1 unspecified atom stereocenters. The highest BCUT2D eigenvalue weighted by Crippen LogP contribution is 2.60. The fraction of sp³-hybridized carbons (Fsp3) is 0.163. The van der Waals surface area contributed by atoms with Crippen molar-refractivity contribution in [3.8, 4) is 22.6 Å². The number of methoxy groups -OCH3 is 1. The highest BCUT2D eigenvalue weighted by atomic mass is 19.1. The van der Waals surface area contributed by atoms with Crippen molar-refractivity contribution in [1.82, 2.24) is 0 Å². The third-order valence-corrected chi connectivity index (χ3v) is 10.8. The lowest BCUT2D eigenvalue weighted by atomic mass is 9.71. The second kappa shape index (κ2) is 10.3. The van der Waals surface area contributed by atoms with Gasteiger partial charge < -0.3 is 13.9 Å². The first-order valence-corrected chi connectivity index (χ1v) is 16.5. The minimum Gasteiger partial charge on any atom is -0.497 e. The van der Waals surface area contributed by atoms with Crippen LogP contribution >= 0.6 is 0 Å². The van der Waals surface area contributed by atoms with Crippen LogP contribution in [0.3, 0.4) is 0 Å². The van der Waals surface area contributed by atoms with Crippen molar-refractivity contribution >= 4 is 38.8 Å². The molecule has 0 radical (unpaired) electrons. The van der Waals surface area contributed by atoms with E-state index in [-0.39, 0.29) is 11.6 Å². The quantitative estimate of drug-likeness (QED) is 0.189.